The van der Waals surface area contributed by atoms with Crippen LogP contribution in [0.15, 0.2) is 36.4 Å². The maximum Gasteiger partial charge on any atom is 0.156 e. The summed E-state index contributed by atoms with van der Waals surface area (Å²) in [6, 6.07) is 12.2. The van der Waals surface area contributed by atoms with Gasteiger partial charge in [-0.25, -0.2) is 0 Å². The zero-order valence-electron chi connectivity index (χ0n) is 17.6. The van der Waals surface area contributed by atoms with Crippen molar-refractivity contribution in [3.63, 3.8) is 0 Å². The monoisotopic (exact) mass is 422 g/mol. The molecule has 0 saturated carbocycles. The molecule has 2 aromatic rings. The molecule has 2 aromatic carbocycles. The lowest BCUT2D eigenvalue weighted by Gasteiger charge is -2.27. The third kappa shape index (κ3) is 5.81. The van der Waals surface area contributed by atoms with Crippen LogP contribution in [-0.4, -0.2) is 13.2 Å². The average Bonchev–Trinajstić information content (AvgIpc) is 2.67. The number of rotatable bonds is 10. The maximum atomic E-state index is 6.52. The second-order valence-corrected chi connectivity index (χ2v) is 8.76. The van der Waals surface area contributed by atoms with Gasteiger partial charge in [0, 0.05) is 5.41 Å². The first-order chi connectivity index (χ1) is 13.3. The number of unbranched alkanes of at least 4 members (excludes halogenated alkanes) is 1. The Morgan fingerprint density at radius 3 is 2.07 bits per heavy atom. The van der Waals surface area contributed by atoms with Crippen LogP contribution in [0.3, 0.4) is 0 Å². The van der Waals surface area contributed by atoms with E-state index >= 15 is 0 Å². The number of benzene rings is 2. The van der Waals surface area contributed by atoms with E-state index in [-0.39, 0.29) is 5.41 Å². The van der Waals surface area contributed by atoms with Crippen molar-refractivity contribution >= 4 is 23.2 Å². The minimum Gasteiger partial charge on any atom is -0.494 e. The Kier molecular flexibility index (Phi) is 8.52. The van der Waals surface area contributed by atoms with Gasteiger partial charge in [-0.2, -0.15) is 0 Å². The highest BCUT2D eigenvalue weighted by Gasteiger charge is 2.25. The van der Waals surface area contributed by atoms with Gasteiger partial charge in [0.2, 0.25) is 0 Å². The molecule has 4 heteroatoms. The van der Waals surface area contributed by atoms with E-state index in [1.54, 1.807) is 0 Å². The number of ether oxygens (including phenoxy) is 2. The Hall–Kier alpha value is -1.38. The molecule has 0 bridgehead atoms. The van der Waals surface area contributed by atoms with Crippen LogP contribution in [0.4, 0.5) is 0 Å². The lowest BCUT2D eigenvalue weighted by molar-refractivity contribution is 0.257. The Labute approximate surface area is 180 Å². The van der Waals surface area contributed by atoms with Crippen molar-refractivity contribution in [2.24, 2.45) is 5.92 Å². The predicted octanol–water partition coefficient (Wildman–Crippen LogP) is 7.92. The topological polar surface area (TPSA) is 18.5 Å². The van der Waals surface area contributed by atoms with Crippen LogP contribution in [0.25, 0.3) is 0 Å². The molecule has 1 atom stereocenters. The van der Waals surface area contributed by atoms with E-state index in [0.717, 1.165) is 37.2 Å². The van der Waals surface area contributed by atoms with Gasteiger partial charge in [0.05, 0.1) is 23.3 Å². The van der Waals surface area contributed by atoms with Crippen molar-refractivity contribution in [3.8, 4) is 11.5 Å². The molecule has 0 aliphatic rings. The molecule has 0 amide bonds. The molecule has 1 unspecified atom stereocenters. The molecule has 2 rings (SSSR count). The fourth-order valence-electron chi connectivity index (χ4n) is 2.87. The van der Waals surface area contributed by atoms with E-state index in [1.807, 2.05) is 24.3 Å². The molecule has 0 radical (unpaired) electrons. The van der Waals surface area contributed by atoms with Crippen molar-refractivity contribution in [1.82, 2.24) is 0 Å². The molecule has 0 fully saturated rings. The molecule has 0 N–H and O–H groups in total. The number of hydrogen-bond acceptors (Lipinski definition) is 2. The van der Waals surface area contributed by atoms with Gasteiger partial charge in [0.15, 0.2) is 5.75 Å². The molecule has 0 aliphatic heterocycles. The molecular weight excluding hydrogens is 391 g/mol. The van der Waals surface area contributed by atoms with E-state index in [1.165, 1.54) is 5.56 Å². The molecule has 0 saturated heterocycles. The van der Waals surface area contributed by atoms with E-state index in [4.69, 9.17) is 32.7 Å². The van der Waals surface area contributed by atoms with Gasteiger partial charge < -0.3 is 9.47 Å². The van der Waals surface area contributed by atoms with Crippen LogP contribution in [0, 0.1) is 5.92 Å². The summed E-state index contributed by atoms with van der Waals surface area (Å²) < 4.78 is 11.6. The van der Waals surface area contributed by atoms with E-state index < -0.39 is 0 Å². The van der Waals surface area contributed by atoms with E-state index in [2.05, 4.69) is 46.8 Å². The minimum absolute atomic E-state index is 0.246. The summed E-state index contributed by atoms with van der Waals surface area (Å²) in [7, 11) is 0. The standard InChI is InChI=1S/C24H32Cl2O2/c1-6-8-13-27-20-11-9-18(10-12-20)24(4,5)19-14-21(25)23(22(26)15-19)28-16-17(3)7-2/h9-12,14-15,17H,6-8,13,16H2,1-5H3. The second kappa shape index (κ2) is 10.4. The molecule has 2 nitrogen and oxygen atoms in total. The van der Waals surface area contributed by atoms with Gasteiger partial charge in [0.25, 0.3) is 0 Å². The van der Waals surface area contributed by atoms with E-state index in [0.29, 0.717) is 28.3 Å². The van der Waals surface area contributed by atoms with Gasteiger partial charge in [-0.05, 0) is 47.7 Å². The van der Waals surface area contributed by atoms with Gasteiger partial charge in [-0.1, -0.05) is 82.8 Å². The van der Waals surface area contributed by atoms with Crippen LogP contribution in [0.2, 0.25) is 10.0 Å². The maximum absolute atomic E-state index is 6.52. The summed E-state index contributed by atoms with van der Waals surface area (Å²) in [5, 5.41) is 1.11. The fourth-order valence-corrected chi connectivity index (χ4v) is 3.47. The smallest absolute Gasteiger partial charge is 0.156 e. The summed E-state index contributed by atoms with van der Waals surface area (Å²) in [6.07, 6.45) is 3.25. The first-order valence-electron chi connectivity index (χ1n) is 10.1. The SMILES string of the molecule is CCCCOc1ccc(C(C)(C)c2cc(Cl)c(OCC(C)CC)c(Cl)c2)cc1. The second-order valence-electron chi connectivity index (χ2n) is 7.94. The van der Waals surface area contributed by atoms with Crippen LogP contribution in [-0.2, 0) is 5.41 Å². The zero-order chi connectivity index (χ0) is 20.7. The zero-order valence-corrected chi connectivity index (χ0v) is 19.2. The molecule has 0 aliphatic carbocycles. The van der Waals surface area contributed by atoms with Crippen LogP contribution in [0.1, 0.15) is 65.0 Å². The first kappa shape index (κ1) is 22.9. The highest BCUT2D eigenvalue weighted by Crippen LogP contribution is 2.40. The van der Waals surface area contributed by atoms with Crippen molar-refractivity contribution in [2.75, 3.05) is 13.2 Å². The summed E-state index contributed by atoms with van der Waals surface area (Å²) in [6.45, 7) is 12.1. The van der Waals surface area contributed by atoms with Crippen molar-refractivity contribution in [1.29, 1.82) is 0 Å². The van der Waals surface area contributed by atoms with Crippen LogP contribution in [0.5, 0.6) is 11.5 Å². The van der Waals surface area contributed by atoms with Crippen LogP contribution >= 0.6 is 23.2 Å². The molecular formula is C24H32Cl2O2. The Bertz CT molecular complexity index is 731. The van der Waals surface area contributed by atoms with Gasteiger partial charge in [0.1, 0.15) is 5.75 Å². The summed E-state index contributed by atoms with van der Waals surface area (Å²) >= 11 is 13.0. The fraction of sp³-hybridized carbons (Fsp3) is 0.500. The van der Waals surface area contributed by atoms with Crippen molar-refractivity contribution < 1.29 is 9.47 Å². The Morgan fingerprint density at radius 2 is 1.54 bits per heavy atom. The van der Waals surface area contributed by atoms with E-state index in [9.17, 15) is 0 Å². The highest BCUT2D eigenvalue weighted by molar-refractivity contribution is 6.37. The molecule has 0 aromatic heterocycles. The van der Waals surface area contributed by atoms with Gasteiger partial charge in [-0.3, -0.25) is 0 Å². The molecule has 154 valence electrons. The number of hydrogen-bond donors (Lipinski definition) is 0. The van der Waals surface area contributed by atoms with Crippen molar-refractivity contribution in [3.05, 3.63) is 57.6 Å². The third-order valence-electron chi connectivity index (χ3n) is 5.27. The normalized spacial score (nSPS) is 12.7. The average molecular weight is 423 g/mol. The van der Waals surface area contributed by atoms with Crippen LogP contribution < -0.4 is 9.47 Å². The summed E-state index contributed by atoms with van der Waals surface area (Å²) in [5.74, 6) is 1.93. The minimum atomic E-state index is -0.246. The lowest BCUT2D eigenvalue weighted by atomic mass is 9.78. The van der Waals surface area contributed by atoms with Gasteiger partial charge >= 0.3 is 0 Å². The quantitative estimate of drug-likeness (QED) is 0.361. The highest BCUT2D eigenvalue weighted by atomic mass is 35.5. The predicted molar refractivity (Wildman–Crippen MR) is 120 cm³/mol. The number of halogens is 2. The van der Waals surface area contributed by atoms with Crippen molar-refractivity contribution in [2.45, 2.75) is 59.3 Å². The molecule has 0 heterocycles. The Balaban J connectivity index is 2.20. The summed E-state index contributed by atoms with van der Waals surface area (Å²) in [4.78, 5) is 0. The lowest BCUT2D eigenvalue weighted by Crippen LogP contribution is -2.19. The first-order valence-corrected chi connectivity index (χ1v) is 10.9. The Morgan fingerprint density at radius 1 is 0.929 bits per heavy atom. The summed E-state index contributed by atoms with van der Waals surface area (Å²) in [5.41, 5.74) is 1.98. The molecule has 28 heavy (non-hydrogen) atoms. The molecule has 0 spiro atoms. The largest absolute Gasteiger partial charge is 0.494 e. The third-order valence-corrected chi connectivity index (χ3v) is 5.83. The van der Waals surface area contributed by atoms with Gasteiger partial charge in [-0.15, -0.1) is 0 Å².